The lowest BCUT2D eigenvalue weighted by molar-refractivity contribution is 0.487. The SMILES string of the molecule is CNCC(Cc1ncnn1C(C)C)c1ccc(C)cc1. The molecule has 1 atom stereocenters. The molecule has 0 spiro atoms. The molecule has 1 N–H and O–H groups in total. The summed E-state index contributed by atoms with van der Waals surface area (Å²) in [6.45, 7) is 7.33. The van der Waals surface area contributed by atoms with Crippen LogP contribution in [0.5, 0.6) is 0 Å². The summed E-state index contributed by atoms with van der Waals surface area (Å²) in [6.07, 6.45) is 2.56. The molecule has 1 heterocycles. The van der Waals surface area contributed by atoms with Gasteiger partial charge in [-0.1, -0.05) is 29.8 Å². The van der Waals surface area contributed by atoms with Crippen molar-refractivity contribution in [1.82, 2.24) is 20.1 Å². The van der Waals surface area contributed by atoms with Gasteiger partial charge in [-0.25, -0.2) is 9.67 Å². The van der Waals surface area contributed by atoms with E-state index in [4.69, 9.17) is 0 Å². The maximum Gasteiger partial charge on any atom is 0.138 e. The summed E-state index contributed by atoms with van der Waals surface area (Å²) in [5.74, 6) is 1.48. The Bertz CT molecular complexity index is 528. The Morgan fingerprint density at radius 3 is 2.50 bits per heavy atom. The van der Waals surface area contributed by atoms with Crippen molar-refractivity contribution in [2.24, 2.45) is 0 Å². The summed E-state index contributed by atoms with van der Waals surface area (Å²) in [7, 11) is 1.99. The van der Waals surface area contributed by atoms with E-state index >= 15 is 0 Å². The highest BCUT2D eigenvalue weighted by molar-refractivity contribution is 5.25. The molecule has 4 heteroatoms. The molecule has 0 fully saturated rings. The number of rotatable bonds is 6. The largest absolute Gasteiger partial charge is 0.319 e. The van der Waals surface area contributed by atoms with E-state index in [0.29, 0.717) is 12.0 Å². The number of aromatic nitrogens is 3. The van der Waals surface area contributed by atoms with Crippen LogP contribution >= 0.6 is 0 Å². The van der Waals surface area contributed by atoms with Crippen LogP contribution in [0.15, 0.2) is 30.6 Å². The number of hydrogen-bond acceptors (Lipinski definition) is 3. The van der Waals surface area contributed by atoms with Crippen LogP contribution in [-0.4, -0.2) is 28.4 Å². The number of nitrogens with one attached hydrogen (secondary N) is 1. The first-order valence-corrected chi connectivity index (χ1v) is 7.21. The zero-order chi connectivity index (χ0) is 14.5. The van der Waals surface area contributed by atoms with Crippen molar-refractivity contribution >= 4 is 0 Å². The molecule has 2 rings (SSSR count). The van der Waals surface area contributed by atoms with Gasteiger partial charge in [-0.3, -0.25) is 0 Å². The number of likely N-dealkylation sites (N-methyl/N-ethyl adjacent to an activating group) is 1. The first-order chi connectivity index (χ1) is 9.61. The quantitative estimate of drug-likeness (QED) is 0.879. The normalized spacial score (nSPS) is 12.8. The fraction of sp³-hybridized carbons (Fsp3) is 0.500. The zero-order valence-corrected chi connectivity index (χ0v) is 12.8. The fourth-order valence-electron chi connectivity index (χ4n) is 2.46. The third-order valence-corrected chi connectivity index (χ3v) is 3.56. The molecule has 0 saturated carbocycles. The van der Waals surface area contributed by atoms with Crippen molar-refractivity contribution in [2.75, 3.05) is 13.6 Å². The molecular formula is C16H24N4. The highest BCUT2D eigenvalue weighted by Gasteiger charge is 2.16. The molecular weight excluding hydrogens is 248 g/mol. The Kier molecular flexibility index (Phi) is 4.90. The van der Waals surface area contributed by atoms with Gasteiger partial charge in [0.15, 0.2) is 0 Å². The van der Waals surface area contributed by atoms with Crippen molar-refractivity contribution in [1.29, 1.82) is 0 Å². The topological polar surface area (TPSA) is 42.7 Å². The molecule has 0 radical (unpaired) electrons. The van der Waals surface area contributed by atoms with E-state index in [1.807, 2.05) is 11.7 Å². The van der Waals surface area contributed by atoms with E-state index in [9.17, 15) is 0 Å². The van der Waals surface area contributed by atoms with Crippen LogP contribution in [0.2, 0.25) is 0 Å². The van der Waals surface area contributed by atoms with Crippen molar-refractivity contribution in [3.63, 3.8) is 0 Å². The maximum atomic E-state index is 4.43. The molecule has 1 aromatic carbocycles. The molecule has 0 bridgehead atoms. The number of benzene rings is 1. The van der Waals surface area contributed by atoms with Crippen LogP contribution in [-0.2, 0) is 6.42 Å². The lowest BCUT2D eigenvalue weighted by Gasteiger charge is -2.18. The number of hydrogen-bond donors (Lipinski definition) is 1. The van der Waals surface area contributed by atoms with Gasteiger partial charge in [-0.2, -0.15) is 5.10 Å². The van der Waals surface area contributed by atoms with E-state index in [-0.39, 0.29) is 0 Å². The molecule has 0 amide bonds. The molecule has 1 unspecified atom stereocenters. The summed E-state index contributed by atoms with van der Waals surface area (Å²) >= 11 is 0. The summed E-state index contributed by atoms with van der Waals surface area (Å²) in [5, 5.41) is 7.61. The minimum absolute atomic E-state index is 0.348. The Hall–Kier alpha value is -1.68. The summed E-state index contributed by atoms with van der Waals surface area (Å²) < 4.78 is 2.01. The average molecular weight is 272 g/mol. The van der Waals surface area contributed by atoms with Crippen molar-refractivity contribution in [2.45, 2.75) is 39.2 Å². The highest BCUT2D eigenvalue weighted by Crippen LogP contribution is 2.21. The van der Waals surface area contributed by atoms with E-state index < -0.39 is 0 Å². The second-order valence-electron chi connectivity index (χ2n) is 5.58. The average Bonchev–Trinajstić information content (AvgIpc) is 2.87. The Balaban J connectivity index is 2.21. The first-order valence-electron chi connectivity index (χ1n) is 7.21. The third-order valence-electron chi connectivity index (χ3n) is 3.56. The van der Waals surface area contributed by atoms with Gasteiger partial charge in [0.05, 0.1) is 0 Å². The van der Waals surface area contributed by atoms with Crippen LogP contribution in [0.1, 0.15) is 42.8 Å². The van der Waals surface area contributed by atoms with E-state index in [2.05, 4.69) is 60.4 Å². The van der Waals surface area contributed by atoms with Gasteiger partial charge >= 0.3 is 0 Å². The predicted molar refractivity (Wildman–Crippen MR) is 82.0 cm³/mol. The van der Waals surface area contributed by atoms with Crippen LogP contribution in [0.25, 0.3) is 0 Å². The van der Waals surface area contributed by atoms with E-state index in [0.717, 1.165) is 18.8 Å². The lowest BCUT2D eigenvalue weighted by Crippen LogP contribution is -2.21. The Morgan fingerprint density at radius 2 is 1.90 bits per heavy atom. The van der Waals surface area contributed by atoms with Crippen molar-refractivity contribution < 1.29 is 0 Å². The third kappa shape index (κ3) is 3.45. The smallest absolute Gasteiger partial charge is 0.138 e. The molecule has 0 aliphatic heterocycles. The van der Waals surface area contributed by atoms with Crippen molar-refractivity contribution in [3.05, 3.63) is 47.5 Å². The predicted octanol–water partition coefficient (Wildman–Crippen LogP) is 2.71. The Morgan fingerprint density at radius 1 is 1.20 bits per heavy atom. The van der Waals surface area contributed by atoms with Crippen molar-refractivity contribution in [3.8, 4) is 0 Å². The van der Waals surface area contributed by atoms with Gasteiger partial charge in [0, 0.05) is 24.9 Å². The maximum absolute atomic E-state index is 4.43. The van der Waals surface area contributed by atoms with Gasteiger partial charge < -0.3 is 5.32 Å². The molecule has 20 heavy (non-hydrogen) atoms. The first kappa shape index (κ1) is 14.7. The molecule has 1 aromatic heterocycles. The van der Waals surface area contributed by atoms with Gasteiger partial charge in [0.25, 0.3) is 0 Å². The van der Waals surface area contributed by atoms with Gasteiger partial charge in [0.1, 0.15) is 12.2 Å². The standard InChI is InChI=1S/C16H24N4/c1-12(2)20-16(18-11-19-20)9-15(10-17-4)14-7-5-13(3)6-8-14/h5-8,11-12,15,17H,9-10H2,1-4H3. The molecule has 4 nitrogen and oxygen atoms in total. The van der Waals surface area contributed by atoms with Crippen LogP contribution in [0.4, 0.5) is 0 Å². The minimum Gasteiger partial charge on any atom is -0.319 e. The van der Waals surface area contributed by atoms with Crippen LogP contribution < -0.4 is 5.32 Å². The van der Waals surface area contributed by atoms with E-state index in [1.54, 1.807) is 6.33 Å². The zero-order valence-electron chi connectivity index (χ0n) is 12.8. The summed E-state index contributed by atoms with van der Waals surface area (Å²) in [5.41, 5.74) is 2.64. The van der Waals surface area contributed by atoms with Gasteiger partial charge in [0.2, 0.25) is 0 Å². The molecule has 2 aromatic rings. The molecule has 0 aliphatic carbocycles. The van der Waals surface area contributed by atoms with Crippen LogP contribution in [0.3, 0.4) is 0 Å². The molecule has 0 saturated heterocycles. The molecule has 108 valence electrons. The van der Waals surface area contributed by atoms with E-state index in [1.165, 1.54) is 11.1 Å². The summed E-state index contributed by atoms with van der Waals surface area (Å²) in [6, 6.07) is 9.12. The monoisotopic (exact) mass is 272 g/mol. The minimum atomic E-state index is 0.348. The lowest BCUT2D eigenvalue weighted by atomic mass is 9.94. The second kappa shape index (κ2) is 6.66. The highest BCUT2D eigenvalue weighted by atomic mass is 15.3. The Labute approximate surface area is 121 Å². The fourth-order valence-corrected chi connectivity index (χ4v) is 2.46. The number of aryl methyl sites for hydroxylation is 1. The second-order valence-corrected chi connectivity index (χ2v) is 5.58. The molecule has 0 aliphatic rings. The van der Waals surface area contributed by atoms with Gasteiger partial charge in [-0.15, -0.1) is 0 Å². The summed E-state index contributed by atoms with van der Waals surface area (Å²) in [4.78, 5) is 4.43. The van der Waals surface area contributed by atoms with Gasteiger partial charge in [-0.05, 0) is 33.4 Å². The number of nitrogens with zero attached hydrogens (tertiary/aromatic N) is 3. The van der Waals surface area contributed by atoms with Crippen LogP contribution in [0, 0.1) is 6.92 Å².